The predicted octanol–water partition coefficient (Wildman–Crippen LogP) is 5.26. The van der Waals surface area contributed by atoms with Gasteiger partial charge >= 0.3 is 0 Å². The van der Waals surface area contributed by atoms with Gasteiger partial charge in [0.15, 0.2) is 0 Å². The molecule has 1 heterocycles. The van der Waals surface area contributed by atoms with Gasteiger partial charge in [0.1, 0.15) is 0 Å². The third-order valence-corrected chi connectivity index (χ3v) is 4.84. The van der Waals surface area contributed by atoms with Crippen molar-refractivity contribution in [1.29, 1.82) is 5.26 Å². The topological polar surface area (TPSA) is 28.7 Å². The molecule has 3 rings (SSSR count). The lowest BCUT2D eigenvalue weighted by Gasteiger charge is -2.08. The van der Waals surface area contributed by atoms with Crippen LogP contribution in [0, 0.1) is 18.3 Å². The lowest BCUT2D eigenvalue weighted by molar-refractivity contribution is 0.880. The molecule has 1 aromatic heterocycles. The highest BCUT2D eigenvalue weighted by atomic mass is 35.5. The van der Waals surface area contributed by atoms with E-state index >= 15 is 0 Å². The van der Waals surface area contributed by atoms with E-state index in [9.17, 15) is 5.26 Å². The first kappa shape index (κ1) is 15.0. The maximum atomic E-state index is 9.17. The first-order valence-corrected chi connectivity index (χ1v) is 7.69. The third kappa shape index (κ3) is 2.37. The summed E-state index contributed by atoms with van der Waals surface area (Å²) in [7, 11) is 2.02. The highest BCUT2D eigenvalue weighted by Crippen LogP contribution is 2.30. The summed E-state index contributed by atoms with van der Waals surface area (Å²) in [5, 5.41) is 11.6. The van der Waals surface area contributed by atoms with Crippen molar-refractivity contribution in [3.05, 3.63) is 68.8 Å². The Morgan fingerprint density at radius 3 is 2.45 bits per heavy atom. The van der Waals surface area contributed by atoms with Gasteiger partial charge in [0.05, 0.1) is 11.6 Å². The van der Waals surface area contributed by atoms with Crippen molar-refractivity contribution in [3.63, 3.8) is 0 Å². The zero-order valence-corrected chi connectivity index (χ0v) is 13.8. The quantitative estimate of drug-likeness (QED) is 0.631. The fourth-order valence-electron chi connectivity index (χ4n) is 2.78. The summed E-state index contributed by atoms with van der Waals surface area (Å²) in [6.45, 7) is 1.98. The van der Waals surface area contributed by atoms with Crippen LogP contribution in [-0.4, -0.2) is 4.57 Å². The minimum Gasteiger partial charge on any atom is -0.347 e. The monoisotopic (exact) mass is 328 g/mol. The van der Waals surface area contributed by atoms with Crippen molar-refractivity contribution >= 4 is 34.1 Å². The second kappa shape index (κ2) is 5.68. The van der Waals surface area contributed by atoms with Crippen LogP contribution in [0.2, 0.25) is 10.0 Å². The third-order valence-electron chi connectivity index (χ3n) is 4.13. The fourth-order valence-corrected chi connectivity index (χ4v) is 3.31. The number of halogens is 2. The van der Waals surface area contributed by atoms with Gasteiger partial charge in [-0.15, -0.1) is 0 Å². The Kier molecular flexibility index (Phi) is 3.87. The van der Waals surface area contributed by atoms with Gasteiger partial charge in [0.25, 0.3) is 0 Å². The number of hydrogen-bond acceptors (Lipinski definition) is 1. The lowest BCUT2D eigenvalue weighted by atomic mass is 10.0. The van der Waals surface area contributed by atoms with Gasteiger partial charge in [-0.2, -0.15) is 5.26 Å². The van der Waals surface area contributed by atoms with E-state index in [1.807, 2.05) is 44.3 Å². The van der Waals surface area contributed by atoms with Crippen molar-refractivity contribution in [1.82, 2.24) is 4.57 Å². The summed E-state index contributed by atoms with van der Waals surface area (Å²) in [6, 6.07) is 13.7. The maximum absolute atomic E-state index is 9.17. The van der Waals surface area contributed by atoms with Gasteiger partial charge < -0.3 is 4.57 Å². The van der Waals surface area contributed by atoms with Crippen LogP contribution in [0.25, 0.3) is 10.9 Å². The first-order valence-electron chi connectivity index (χ1n) is 6.94. The molecular formula is C18H14Cl2N2. The molecule has 0 amide bonds. The van der Waals surface area contributed by atoms with Crippen molar-refractivity contribution in [2.24, 2.45) is 7.05 Å². The molecule has 0 saturated heterocycles. The minimum atomic E-state index is 0.658. The molecule has 0 bridgehead atoms. The molecule has 0 saturated carbocycles. The van der Waals surface area contributed by atoms with E-state index in [-0.39, 0.29) is 0 Å². The SMILES string of the molecule is Cc1c(C#N)ccc2c1cc(Cc1c(Cl)cccc1Cl)n2C. The van der Waals surface area contributed by atoms with E-state index in [0.717, 1.165) is 27.7 Å². The molecule has 22 heavy (non-hydrogen) atoms. The summed E-state index contributed by atoms with van der Waals surface area (Å²) in [5.74, 6) is 0. The average molecular weight is 329 g/mol. The second-order valence-corrected chi connectivity index (χ2v) is 6.17. The zero-order chi connectivity index (χ0) is 15.9. The van der Waals surface area contributed by atoms with Crippen LogP contribution in [0.4, 0.5) is 0 Å². The number of fused-ring (bicyclic) bond motifs is 1. The molecule has 110 valence electrons. The Balaban J connectivity index is 2.15. The fraction of sp³-hybridized carbons (Fsp3) is 0.167. The van der Waals surface area contributed by atoms with Gasteiger partial charge in [-0.3, -0.25) is 0 Å². The van der Waals surface area contributed by atoms with E-state index in [2.05, 4.69) is 16.7 Å². The maximum Gasteiger partial charge on any atom is 0.0994 e. The summed E-state index contributed by atoms with van der Waals surface area (Å²) < 4.78 is 2.13. The summed E-state index contributed by atoms with van der Waals surface area (Å²) in [6.07, 6.45) is 0.658. The molecule has 2 nitrogen and oxygen atoms in total. The summed E-state index contributed by atoms with van der Waals surface area (Å²) in [4.78, 5) is 0. The van der Waals surface area contributed by atoms with Crippen molar-refractivity contribution < 1.29 is 0 Å². The number of benzene rings is 2. The van der Waals surface area contributed by atoms with Crippen LogP contribution in [0.5, 0.6) is 0 Å². The highest BCUT2D eigenvalue weighted by molar-refractivity contribution is 6.36. The van der Waals surface area contributed by atoms with Crippen LogP contribution in [0.3, 0.4) is 0 Å². The molecule has 4 heteroatoms. The summed E-state index contributed by atoms with van der Waals surface area (Å²) >= 11 is 12.5. The van der Waals surface area contributed by atoms with Gasteiger partial charge in [-0.05, 0) is 48.4 Å². The van der Waals surface area contributed by atoms with Crippen molar-refractivity contribution in [2.75, 3.05) is 0 Å². The van der Waals surface area contributed by atoms with Crippen LogP contribution >= 0.6 is 23.2 Å². The Morgan fingerprint density at radius 1 is 1.14 bits per heavy atom. The molecule has 0 aliphatic rings. The highest BCUT2D eigenvalue weighted by Gasteiger charge is 2.13. The molecule has 0 spiro atoms. The van der Waals surface area contributed by atoms with Crippen molar-refractivity contribution in [3.8, 4) is 6.07 Å². The van der Waals surface area contributed by atoms with E-state index in [0.29, 0.717) is 22.0 Å². The number of rotatable bonds is 2. The molecule has 0 fully saturated rings. The Morgan fingerprint density at radius 2 is 1.82 bits per heavy atom. The number of aromatic nitrogens is 1. The van der Waals surface area contributed by atoms with Gasteiger partial charge in [-0.25, -0.2) is 0 Å². The molecule has 0 aliphatic carbocycles. The van der Waals surface area contributed by atoms with E-state index in [4.69, 9.17) is 23.2 Å². The van der Waals surface area contributed by atoms with Crippen LogP contribution in [0.1, 0.15) is 22.4 Å². The summed E-state index contributed by atoms with van der Waals surface area (Å²) in [5.41, 5.74) is 4.86. The van der Waals surface area contributed by atoms with E-state index < -0.39 is 0 Å². The smallest absolute Gasteiger partial charge is 0.0994 e. The Bertz CT molecular complexity index is 897. The predicted molar refractivity (Wildman–Crippen MR) is 91.6 cm³/mol. The Labute approximate surface area is 139 Å². The molecular weight excluding hydrogens is 315 g/mol. The largest absolute Gasteiger partial charge is 0.347 e. The first-order chi connectivity index (χ1) is 10.5. The molecule has 0 N–H and O–H groups in total. The van der Waals surface area contributed by atoms with E-state index in [1.54, 1.807) is 0 Å². The second-order valence-electron chi connectivity index (χ2n) is 5.35. The number of aryl methyl sites for hydroxylation is 2. The molecule has 0 radical (unpaired) electrons. The van der Waals surface area contributed by atoms with Crippen LogP contribution in [-0.2, 0) is 13.5 Å². The van der Waals surface area contributed by atoms with Gasteiger partial charge in [0.2, 0.25) is 0 Å². The number of nitriles is 1. The lowest BCUT2D eigenvalue weighted by Crippen LogP contribution is -1.98. The number of nitrogens with zero attached hydrogens (tertiary/aromatic N) is 2. The van der Waals surface area contributed by atoms with Gasteiger partial charge in [0, 0.05) is 40.1 Å². The van der Waals surface area contributed by atoms with Crippen LogP contribution in [0.15, 0.2) is 36.4 Å². The Hall–Kier alpha value is -1.95. The molecule has 3 aromatic rings. The molecule has 0 unspecified atom stereocenters. The van der Waals surface area contributed by atoms with E-state index in [1.165, 1.54) is 0 Å². The standard InChI is InChI=1S/C18H14Cl2N2/c1-11-12(10-21)6-7-18-14(11)8-13(22(18)2)9-15-16(19)4-3-5-17(15)20/h3-8H,9H2,1-2H3. The number of hydrogen-bond donors (Lipinski definition) is 0. The molecule has 2 aromatic carbocycles. The van der Waals surface area contributed by atoms with Crippen LogP contribution < -0.4 is 0 Å². The minimum absolute atomic E-state index is 0.658. The van der Waals surface area contributed by atoms with Crippen molar-refractivity contribution in [2.45, 2.75) is 13.3 Å². The average Bonchev–Trinajstić information content (AvgIpc) is 2.81. The zero-order valence-electron chi connectivity index (χ0n) is 12.3. The molecule has 0 atom stereocenters. The molecule has 0 aliphatic heterocycles. The van der Waals surface area contributed by atoms with Gasteiger partial charge in [-0.1, -0.05) is 29.3 Å². The normalized spacial score (nSPS) is 10.9.